The van der Waals surface area contributed by atoms with Gasteiger partial charge in [0.1, 0.15) is 0 Å². The van der Waals surface area contributed by atoms with E-state index in [1.807, 2.05) is 60.7 Å². The molecule has 0 fully saturated rings. The molecule has 0 amide bonds. The summed E-state index contributed by atoms with van der Waals surface area (Å²) in [6, 6.07) is 0. The molecule has 2 heterocycles. The van der Waals surface area contributed by atoms with Gasteiger partial charge in [0, 0.05) is 45.9 Å². The molecular weight excluding hydrogens is 528 g/mol. The van der Waals surface area contributed by atoms with Crippen molar-refractivity contribution in [3.63, 3.8) is 0 Å². The minimum atomic E-state index is 0. The molecule has 160 valence electrons. The van der Waals surface area contributed by atoms with Gasteiger partial charge in [0.05, 0.1) is 0 Å². The van der Waals surface area contributed by atoms with Crippen LogP contribution in [0.5, 0.6) is 0 Å². The SMILES string of the molecule is C=C/C=C1/CN(C)/C(C=C)=C(/C=C)c2nn[n-]c2/C1=C/C=C.CC.CC.CC.[W]. The zero-order valence-electron chi connectivity index (χ0n) is 19.2. The second-order valence-corrected chi connectivity index (χ2v) is 4.79. The third-order valence-electron chi connectivity index (χ3n) is 3.47. The van der Waals surface area contributed by atoms with Gasteiger partial charge in [0.15, 0.2) is 0 Å². The predicted molar refractivity (Wildman–Crippen MR) is 126 cm³/mol. The molecular formula is C24H37N4W-. The second-order valence-electron chi connectivity index (χ2n) is 4.79. The molecule has 0 saturated carbocycles. The van der Waals surface area contributed by atoms with E-state index in [0.29, 0.717) is 12.2 Å². The summed E-state index contributed by atoms with van der Waals surface area (Å²) < 4.78 is 0. The van der Waals surface area contributed by atoms with Gasteiger partial charge in [-0.05, 0) is 28.6 Å². The third-order valence-corrected chi connectivity index (χ3v) is 3.47. The molecule has 1 aromatic heterocycles. The van der Waals surface area contributed by atoms with Crippen LogP contribution in [-0.2, 0) is 21.1 Å². The van der Waals surface area contributed by atoms with Gasteiger partial charge in [-0.1, -0.05) is 98.2 Å². The molecule has 0 aromatic carbocycles. The summed E-state index contributed by atoms with van der Waals surface area (Å²) in [4.78, 5) is 2.09. The second kappa shape index (κ2) is 19.1. The van der Waals surface area contributed by atoms with Crippen LogP contribution < -0.4 is 5.10 Å². The molecule has 0 atom stereocenters. The Hall–Kier alpha value is -2.19. The van der Waals surface area contributed by atoms with Crippen molar-refractivity contribution in [2.75, 3.05) is 13.6 Å². The topological polar surface area (TPSA) is 43.1 Å². The van der Waals surface area contributed by atoms with Crippen molar-refractivity contribution in [2.45, 2.75) is 41.5 Å². The molecule has 29 heavy (non-hydrogen) atoms. The predicted octanol–water partition coefficient (Wildman–Crippen LogP) is 6.22. The Balaban J connectivity index is -0.000000883. The zero-order chi connectivity index (χ0) is 22.1. The molecule has 0 aliphatic carbocycles. The van der Waals surface area contributed by atoms with Crippen LogP contribution in [0.15, 0.2) is 74.0 Å². The average Bonchev–Trinajstić information content (AvgIpc) is 3.22. The third kappa shape index (κ3) is 8.37. The summed E-state index contributed by atoms with van der Waals surface area (Å²) >= 11 is 0. The maximum Gasteiger partial charge on any atom is 0.0437 e. The number of nitrogens with zero attached hydrogens (tertiary/aromatic N) is 4. The average molecular weight is 565 g/mol. The number of allylic oxidation sites excluding steroid dienone is 7. The van der Waals surface area contributed by atoms with Gasteiger partial charge in [-0.3, -0.25) is 5.21 Å². The first-order valence-electron chi connectivity index (χ1n) is 9.89. The standard InChI is InChI=1S/C18H19N4.3C2H6.W/c1-6-10-13-12-22(5)16(9-4)14(8-3)17-18(20-21-19-17)15(13)11-7-2;3*1-2;/h6-11H,1-4,12H2,5H3;3*1-2H3;/q-1;;;;/b13-10-,15-11+,16-14-;;;;. The van der Waals surface area contributed by atoms with E-state index in [1.165, 1.54) is 0 Å². The van der Waals surface area contributed by atoms with Crippen LogP contribution in [0.2, 0.25) is 0 Å². The minimum absolute atomic E-state index is 0. The van der Waals surface area contributed by atoms with Crippen LogP contribution in [0.1, 0.15) is 52.9 Å². The Morgan fingerprint density at radius 3 is 1.90 bits per heavy atom. The van der Waals surface area contributed by atoms with E-state index < -0.39 is 0 Å². The minimum Gasteiger partial charge on any atom is -0.370 e. The van der Waals surface area contributed by atoms with Crippen LogP contribution in [0.3, 0.4) is 0 Å². The van der Waals surface area contributed by atoms with Crippen LogP contribution in [0.4, 0.5) is 0 Å². The van der Waals surface area contributed by atoms with E-state index in [2.05, 4.69) is 46.6 Å². The quantitative estimate of drug-likeness (QED) is 0.435. The molecule has 0 spiro atoms. The van der Waals surface area contributed by atoms with Gasteiger partial charge < -0.3 is 15.1 Å². The van der Waals surface area contributed by atoms with E-state index in [4.69, 9.17) is 0 Å². The fourth-order valence-corrected chi connectivity index (χ4v) is 2.53. The fraction of sp³-hybridized carbons (Fsp3) is 0.333. The van der Waals surface area contributed by atoms with Crippen molar-refractivity contribution in [3.05, 3.63) is 85.4 Å². The molecule has 4 nitrogen and oxygen atoms in total. The van der Waals surface area contributed by atoms with Gasteiger partial charge in [0.25, 0.3) is 0 Å². The summed E-state index contributed by atoms with van der Waals surface area (Å²) in [7, 11) is 2.00. The van der Waals surface area contributed by atoms with Crippen molar-refractivity contribution in [1.82, 2.24) is 20.3 Å². The Labute approximate surface area is 192 Å². The van der Waals surface area contributed by atoms with Gasteiger partial charge in [-0.15, -0.1) is 0 Å². The van der Waals surface area contributed by atoms with Gasteiger partial charge >= 0.3 is 0 Å². The Kier molecular flexibility index (Phi) is 20.8. The first-order chi connectivity index (χ1) is 13.7. The van der Waals surface area contributed by atoms with E-state index >= 15 is 0 Å². The zero-order valence-corrected chi connectivity index (χ0v) is 22.1. The molecule has 1 aliphatic rings. The van der Waals surface area contributed by atoms with Crippen molar-refractivity contribution in [3.8, 4) is 0 Å². The summed E-state index contributed by atoms with van der Waals surface area (Å²) in [6.07, 6.45) is 10.9. The van der Waals surface area contributed by atoms with Gasteiger partial charge in [-0.25, -0.2) is 0 Å². The largest absolute Gasteiger partial charge is 0.370 e. The molecule has 0 radical (unpaired) electrons. The van der Waals surface area contributed by atoms with E-state index in [-0.39, 0.29) is 21.1 Å². The monoisotopic (exact) mass is 565 g/mol. The maximum atomic E-state index is 4.20. The van der Waals surface area contributed by atoms with Crippen LogP contribution >= 0.6 is 0 Å². The van der Waals surface area contributed by atoms with Crippen LogP contribution in [0.25, 0.3) is 11.1 Å². The smallest absolute Gasteiger partial charge is 0.0437 e. The summed E-state index contributed by atoms with van der Waals surface area (Å²) in [5, 5.41) is 12.2. The van der Waals surface area contributed by atoms with Crippen molar-refractivity contribution in [1.29, 1.82) is 0 Å². The number of hydrogen-bond acceptors (Lipinski definition) is 3. The van der Waals surface area contributed by atoms with E-state index in [0.717, 1.165) is 28.1 Å². The van der Waals surface area contributed by atoms with E-state index in [1.54, 1.807) is 24.3 Å². The van der Waals surface area contributed by atoms with Crippen LogP contribution in [0, 0.1) is 0 Å². The molecule has 1 aliphatic heterocycles. The van der Waals surface area contributed by atoms with Crippen LogP contribution in [-0.4, -0.2) is 28.8 Å². The van der Waals surface area contributed by atoms with Crippen molar-refractivity contribution in [2.24, 2.45) is 0 Å². The molecule has 2 rings (SSSR count). The number of fused-ring (bicyclic) bond motifs is 1. The summed E-state index contributed by atoms with van der Waals surface area (Å²) in [6.45, 7) is 28.1. The van der Waals surface area contributed by atoms with Crippen molar-refractivity contribution >= 4 is 11.1 Å². The molecule has 5 heteroatoms. The Morgan fingerprint density at radius 2 is 1.45 bits per heavy atom. The fourth-order valence-electron chi connectivity index (χ4n) is 2.53. The molecule has 0 bridgehead atoms. The van der Waals surface area contributed by atoms with E-state index in [9.17, 15) is 0 Å². The molecule has 1 aromatic rings. The number of aromatic nitrogens is 3. The normalized spacial score (nSPS) is 17.3. The van der Waals surface area contributed by atoms with Crippen molar-refractivity contribution < 1.29 is 21.1 Å². The van der Waals surface area contributed by atoms with Gasteiger partial charge in [0.2, 0.25) is 0 Å². The maximum absolute atomic E-state index is 4.20. The number of hydrogen-bond donors (Lipinski definition) is 0. The number of likely N-dealkylation sites (N-methyl/N-ethyl adjacent to an activating group) is 1. The molecule has 0 N–H and O–H groups in total. The Morgan fingerprint density at radius 1 is 0.897 bits per heavy atom. The first kappa shape index (κ1) is 31.5. The Bertz CT molecular complexity index is 721. The van der Waals surface area contributed by atoms with Gasteiger partial charge in [-0.2, -0.15) is 0 Å². The summed E-state index contributed by atoms with van der Waals surface area (Å²) in [5.41, 5.74) is 5.21. The number of rotatable bonds is 4. The first-order valence-corrected chi connectivity index (χ1v) is 9.89. The summed E-state index contributed by atoms with van der Waals surface area (Å²) in [5.74, 6) is 0. The molecule has 0 saturated heterocycles. The molecule has 0 unspecified atom stereocenters.